The van der Waals surface area contributed by atoms with Crippen LogP contribution in [0.5, 0.6) is 0 Å². The summed E-state index contributed by atoms with van der Waals surface area (Å²) in [6, 6.07) is 8.63. The van der Waals surface area contributed by atoms with Crippen molar-refractivity contribution in [3.05, 3.63) is 58.2 Å². The second kappa shape index (κ2) is 9.08. The van der Waals surface area contributed by atoms with Crippen LogP contribution in [0.4, 0.5) is 11.5 Å². The lowest BCUT2D eigenvalue weighted by atomic mass is 9.97. The van der Waals surface area contributed by atoms with Gasteiger partial charge in [0.25, 0.3) is 0 Å². The van der Waals surface area contributed by atoms with Crippen LogP contribution in [0.1, 0.15) is 18.4 Å². The maximum absolute atomic E-state index is 12.1. The predicted molar refractivity (Wildman–Crippen MR) is 112 cm³/mol. The van der Waals surface area contributed by atoms with Gasteiger partial charge in [-0.1, -0.05) is 23.2 Å². The number of nitrogens with zero attached hydrogens (tertiary/aromatic N) is 2. The first-order valence-corrected chi connectivity index (χ1v) is 9.62. The van der Waals surface area contributed by atoms with Gasteiger partial charge in [-0.25, -0.2) is 4.98 Å². The van der Waals surface area contributed by atoms with Gasteiger partial charge >= 0.3 is 0 Å². The van der Waals surface area contributed by atoms with E-state index in [4.69, 9.17) is 28.9 Å². The Hall–Kier alpha value is -2.57. The number of halogens is 2. The number of amides is 2. The number of piperidine rings is 1. The van der Waals surface area contributed by atoms with Gasteiger partial charge in [-0.05, 0) is 54.8 Å². The van der Waals surface area contributed by atoms with E-state index in [0.717, 1.165) is 25.2 Å². The number of anilines is 2. The van der Waals surface area contributed by atoms with E-state index in [0.29, 0.717) is 27.8 Å². The maximum atomic E-state index is 12.1. The number of aromatic nitrogens is 1. The number of nitrogens with two attached hydrogens (primary N) is 1. The van der Waals surface area contributed by atoms with Crippen LogP contribution in [0.25, 0.3) is 6.08 Å². The monoisotopic (exact) mass is 418 g/mol. The molecule has 1 saturated heterocycles. The molecule has 2 aromatic rings. The van der Waals surface area contributed by atoms with Crippen LogP contribution < -0.4 is 16.0 Å². The third-order valence-electron chi connectivity index (χ3n) is 4.54. The zero-order valence-corrected chi connectivity index (χ0v) is 16.6. The molecule has 8 heteroatoms. The summed E-state index contributed by atoms with van der Waals surface area (Å²) < 4.78 is 0. The fraction of sp³-hybridized carbons (Fsp3) is 0.250. The first-order chi connectivity index (χ1) is 13.4. The minimum absolute atomic E-state index is 0.154. The lowest BCUT2D eigenvalue weighted by molar-refractivity contribution is -0.122. The van der Waals surface area contributed by atoms with Crippen molar-refractivity contribution in [3.8, 4) is 0 Å². The minimum Gasteiger partial charge on any atom is -0.369 e. The molecular formula is C20H20Cl2N4O2. The molecule has 0 aliphatic carbocycles. The molecule has 1 aliphatic rings. The lowest BCUT2D eigenvalue weighted by Crippen LogP contribution is -2.41. The van der Waals surface area contributed by atoms with E-state index in [9.17, 15) is 9.59 Å². The topological polar surface area (TPSA) is 88.3 Å². The number of rotatable bonds is 5. The Labute approximate surface area is 173 Å². The number of carbonyl (C=O) groups is 2. The summed E-state index contributed by atoms with van der Waals surface area (Å²) in [7, 11) is 0. The average molecular weight is 419 g/mol. The summed E-state index contributed by atoms with van der Waals surface area (Å²) in [4.78, 5) is 30.0. The first-order valence-electron chi connectivity index (χ1n) is 8.87. The van der Waals surface area contributed by atoms with Gasteiger partial charge in [-0.15, -0.1) is 0 Å². The van der Waals surface area contributed by atoms with Crippen molar-refractivity contribution in [1.82, 2.24) is 4.98 Å². The molecule has 2 heterocycles. The Morgan fingerprint density at radius 1 is 1.25 bits per heavy atom. The van der Waals surface area contributed by atoms with Gasteiger partial charge in [-0.2, -0.15) is 0 Å². The minimum atomic E-state index is -0.308. The smallest absolute Gasteiger partial charge is 0.248 e. The first kappa shape index (κ1) is 20.2. The second-order valence-corrected chi connectivity index (χ2v) is 7.42. The summed E-state index contributed by atoms with van der Waals surface area (Å²) >= 11 is 12.0. The molecule has 3 rings (SSSR count). The summed E-state index contributed by atoms with van der Waals surface area (Å²) in [6.45, 7) is 1.39. The van der Waals surface area contributed by atoms with Gasteiger partial charge in [-0.3, -0.25) is 9.59 Å². The molecule has 3 N–H and O–H groups in total. The predicted octanol–water partition coefficient (Wildman–Crippen LogP) is 3.74. The van der Waals surface area contributed by atoms with Gasteiger partial charge in [0, 0.05) is 29.2 Å². The van der Waals surface area contributed by atoms with E-state index in [2.05, 4.69) is 10.3 Å². The molecule has 1 atom stereocenters. The van der Waals surface area contributed by atoms with Gasteiger partial charge in [0.1, 0.15) is 5.82 Å². The molecule has 1 unspecified atom stereocenters. The Bertz CT molecular complexity index is 900. The largest absolute Gasteiger partial charge is 0.369 e. The third-order valence-corrected chi connectivity index (χ3v) is 5.11. The lowest BCUT2D eigenvalue weighted by Gasteiger charge is -2.32. The molecule has 0 spiro atoms. The third kappa shape index (κ3) is 5.24. The van der Waals surface area contributed by atoms with Crippen LogP contribution in [0.2, 0.25) is 10.0 Å². The van der Waals surface area contributed by atoms with E-state index in [1.165, 1.54) is 6.08 Å². The number of hydrogen-bond acceptors (Lipinski definition) is 4. The van der Waals surface area contributed by atoms with Gasteiger partial charge in [0.15, 0.2) is 0 Å². The molecule has 1 aromatic heterocycles. The average Bonchev–Trinajstić information content (AvgIpc) is 2.69. The molecule has 1 aliphatic heterocycles. The summed E-state index contributed by atoms with van der Waals surface area (Å²) in [5.41, 5.74) is 6.65. The van der Waals surface area contributed by atoms with Crippen molar-refractivity contribution in [2.45, 2.75) is 12.8 Å². The fourth-order valence-corrected chi connectivity index (χ4v) is 3.42. The molecule has 2 amide bonds. The molecule has 6 nitrogen and oxygen atoms in total. The molecule has 28 heavy (non-hydrogen) atoms. The van der Waals surface area contributed by atoms with Crippen molar-refractivity contribution in [3.63, 3.8) is 0 Å². The Kier molecular flexibility index (Phi) is 6.54. The molecule has 0 radical (unpaired) electrons. The zero-order chi connectivity index (χ0) is 20.1. The highest BCUT2D eigenvalue weighted by Gasteiger charge is 2.24. The van der Waals surface area contributed by atoms with Crippen molar-refractivity contribution in [2.24, 2.45) is 11.7 Å². The summed E-state index contributed by atoms with van der Waals surface area (Å²) in [5, 5.41) is 3.80. The van der Waals surface area contributed by atoms with Gasteiger partial charge in [0.05, 0.1) is 17.8 Å². The zero-order valence-electron chi connectivity index (χ0n) is 15.1. The van der Waals surface area contributed by atoms with Gasteiger partial charge < -0.3 is 16.0 Å². The van der Waals surface area contributed by atoms with Crippen LogP contribution in [0.3, 0.4) is 0 Å². The Morgan fingerprint density at radius 3 is 2.79 bits per heavy atom. The molecule has 0 bridgehead atoms. The van der Waals surface area contributed by atoms with Crippen LogP contribution in [-0.2, 0) is 9.59 Å². The van der Waals surface area contributed by atoms with Crippen LogP contribution in [0, 0.1) is 5.92 Å². The van der Waals surface area contributed by atoms with Crippen LogP contribution >= 0.6 is 23.2 Å². The molecule has 146 valence electrons. The van der Waals surface area contributed by atoms with E-state index >= 15 is 0 Å². The number of nitrogens with one attached hydrogen (secondary N) is 1. The van der Waals surface area contributed by atoms with E-state index in [1.54, 1.807) is 36.5 Å². The number of carbonyl (C=O) groups excluding carboxylic acids is 2. The number of hydrogen-bond donors (Lipinski definition) is 2. The number of benzene rings is 1. The Morgan fingerprint density at radius 2 is 2.07 bits per heavy atom. The quantitative estimate of drug-likeness (QED) is 0.723. The summed E-state index contributed by atoms with van der Waals surface area (Å²) in [6.07, 6.45) is 6.27. The SMILES string of the molecule is NC(=O)C1CCCN(c2ccc(NC(=O)/C=C/c3cc(Cl)ccc3Cl)cn2)C1. The van der Waals surface area contributed by atoms with Gasteiger partial charge in [0.2, 0.25) is 11.8 Å². The van der Waals surface area contributed by atoms with Crippen molar-refractivity contribution in [1.29, 1.82) is 0 Å². The highest BCUT2D eigenvalue weighted by molar-refractivity contribution is 6.34. The second-order valence-electron chi connectivity index (χ2n) is 6.58. The fourth-order valence-electron chi connectivity index (χ4n) is 3.06. The highest BCUT2D eigenvalue weighted by atomic mass is 35.5. The number of primary amides is 1. The number of pyridine rings is 1. The van der Waals surface area contributed by atoms with Crippen molar-refractivity contribution in [2.75, 3.05) is 23.3 Å². The molecule has 1 fully saturated rings. The summed E-state index contributed by atoms with van der Waals surface area (Å²) in [5.74, 6) is 0.0149. The normalized spacial score (nSPS) is 16.9. The molecule has 1 aromatic carbocycles. The van der Waals surface area contributed by atoms with E-state index in [1.807, 2.05) is 11.0 Å². The van der Waals surface area contributed by atoms with Crippen molar-refractivity contribution < 1.29 is 9.59 Å². The standard InChI is InChI=1S/C20H20Cl2N4O2/c21-15-4-6-17(22)13(10-15)3-8-19(27)25-16-5-7-18(24-11-16)26-9-1-2-14(12-26)20(23)28/h3-8,10-11,14H,1-2,9,12H2,(H2,23,28)(H,25,27)/b8-3+. The highest BCUT2D eigenvalue weighted by Crippen LogP contribution is 2.23. The van der Waals surface area contributed by atoms with E-state index in [-0.39, 0.29) is 17.7 Å². The van der Waals surface area contributed by atoms with Crippen molar-refractivity contribution >= 4 is 52.6 Å². The maximum Gasteiger partial charge on any atom is 0.248 e. The van der Waals surface area contributed by atoms with Crippen LogP contribution in [-0.4, -0.2) is 29.9 Å². The molecular weight excluding hydrogens is 399 g/mol. The Balaban J connectivity index is 1.61. The molecule has 0 saturated carbocycles. The van der Waals surface area contributed by atoms with Crippen LogP contribution in [0.15, 0.2) is 42.6 Å². The van der Waals surface area contributed by atoms with E-state index < -0.39 is 0 Å².